The summed E-state index contributed by atoms with van der Waals surface area (Å²) in [4.78, 5) is 18.5. The first-order chi connectivity index (χ1) is 14.1. The van der Waals surface area contributed by atoms with Crippen LogP contribution in [0.15, 0.2) is 24.3 Å². The van der Waals surface area contributed by atoms with E-state index in [-0.39, 0.29) is 18.1 Å². The second-order valence-electron chi connectivity index (χ2n) is 8.81. The third kappa shape index (κ3) is 5.23. The third-order valence-electron chi connectivity index (χ3n) is 6.67. The summed E-state index contributed by atoms with van der Waals surface area (Å²) < 4.78 is 11.9. The van der Waals surface area contributed by atoms with E-state index in [0.29, 0.717) is 6.54 Å². The van der Waals surface area contributed by atoms with Gasteiger partial charge in [0.2, 0.25) is 5.91 Å². The first kappa shape index (κ1) is 20.5. The van der Waals surface area contributed by atoms with Crippen LogP contribution in [0.4, 0.5) is 5.69 Å². The minimum Gasteiger partial charge on any atom is -0.494 e. The normalized spacial score (nSPS) is 22.9. The van der Waals surface area contributed by atoms with Gasteiger partial charge in [0.15, 0.2) is 0 Å². The number of hydrogen-bond acceptors (Lipinski definition) is 5. The van der Waals surface area contributed by atoms with E-state index in [9.17, 15) is 4.79 Å². The highest BCUT2D eigenvalue weighted by Gasteiger charge is 2.41. The summed E-state index contributed by atoms with van der Waals surface area (Å²) in [6, 6.07) is 8.50. The van der Waals surface area contributed by atoms with Crippen LogP contribution in [0.1, 0.15) is 38.5 Å². The van der Waals surface area contributed by atoms with E-state index in [2.05, 4.69) is 34.1 Å². The molecule has 3 aliphatic heterocycles. The summed E-state index contributed by atoms with van der Waals surface area (Å²) in [7, 11) is 1.88. The standard InChI is InChI=1S/C23H35N3O3/c1-24-19-23(29-18-22(24)27)10-15-26(16-11-23)20-6-8-21(9-7-20)28-17-5-14-25-12-3-2-4-13-25/h6-9H,2-5,10-19H2,1H3. The van der Waals surface area contributed by atoms with Gasteiger partial charge >= 0.3 is 0 Å². The van der Waals surface area contributed by atoms with Crippen LogP contribution in [-0.4, -0.2) is 80.8 Å². The summed E-state index contributed by atoms with van der Waals surface area (Å²) in [5.74, 6) is 1.04. The fraction of sp³-hybridized carbons (Fsp3) is 0.696. The zero-order valence-corrected chi connectivity index (χ0v) is 17.8. The number of anilines is 1. The van der Waals surface area contributed by atoms with Crippen LogP contribution in [0, 0.1) is 0 Å². The lowest BCUT2D eigenvalue weighted by molar-refractivity contribution is -0.164. The zero-order chi connectivity index (χ0) is 20.1. The van der Waals surface area contributed by atoms with E-state index in [1.807, 2.05) is 11.9 Å². The molecule has 0 aliphatic carbocycles. The van der Waals surface area contributed by atoms with E-state index < -0.39 is 0 Å². The quantitative estimate of drug-likeness (QED) is 0.686. The van der Waals surface area contributed by atoms with Crippen molar-refractivity contribution in [2.45, 2.75) is 44.1 Å². The lowest BCUT2D eigenvalue weighted by Gasteiger charge is -2.46. The van der Waals surface area contributed by atoms with Crippen LogP contribution in [0.3, 0.4) is 0 Å². The van der Waals surface area contributed by atoms with E-state index in [1.165, 1.54) is 38.0 Å². The fourth-order valence-electron chi connectivity index (χ4n) is 4.78. The highest BCUT2D eigenvalue weighted by atomic mass is 16.5. The summed E-state index contributed by atoms with van der Waals surface area (Å²) in [6.07, 6.45) is 7.09. The van der Waals surface area contributed by atoms with Gasteiger partial charge in [0.05, 0.1) is 12.2 Å². The maximum absolute atomic E-state index is 11.7. The summed E-state index contributed by atoms with van der Waals surface area (Å²) >= 11 is 0. The van der Waals surface area contributed by atoms with Gasteiger partial charge in [-0.25, -0.2) is 0 Å². The first-order valence-corrected chi connectivity index (χ1v) is 11.2. The molecule has 6 nitrogen and oxygen atoms in total. The molecule has 0 bridgehead atoms. The lowest BCUT2D eigenvalue weighted by atomic mass is 9.89. The van der Waals surface area contributed by atoms with Crippen molar-refractivity contribution >= 4 is 11.6 Å². The predicted octanol–water partition coefficient (Wildman–Crippen LogP) is 2.77. The third-order valence-corrected chi connectivity index (χ3v) is 6.67. The molecule has 3 aliphatic rings. The second kappa shape index (κ2) is 9.35. The Morgan fingerprint density at radius 1 is 1.03 bits per heavy atom. The molecule has 1 spiro atoms. The average Bonchev–Trinajstić information content (AvgIpc) is 2.76. The molecular weight excluding hydrogens is 366 g/mol. The van der Waals surface area contributed by atoms with Crippen molar-refractivity contribution in [3.05, 3.63) is 24.3 Å². The average molecular weight is 402 g/mol. The molecule has 1 aromatic rings. The van der Waals surface area contributed by atoms with Gasteiger partial charge in [-0.05, 0) is 69.5 Å². The first-order valence-electron chi connectivity index (χ1n) is 11.2. The molecule has 0 atom stereocenters. The molecular formula is C23H35N3O3. The van der Waals surface area contributed by atoms with Gasteiger partial charge in [-0.2, -0.15) is 0 Å². The van der Waals surface area contributed by atoms with Crippen molar-refractivity contribution in [1.82, 2.24) is 9.80 Å². The number of amides is 1. The number of ether oxygens (including phenoxy) is 2. The zero-order valence-electron chi connectivity index (χ0n) is 17.8. The Morgan fingerprint density at radius 2 is 1.76 bits per heavy atom. The van der Waals surface area contributed by atoms with Crippen molar-refractivity contribution in [3.8, 4) is 5.75 Å². The van der Waals surface area contributed by atoms with Gasteiger partial charge in [-0.3, -0.25) is 4.79 Å². The number of likely N-dealkylation sites (N-methyl/N-ethyl adjacent to an activating group) is 1. The molecule has 0 radical (unpaired) electrons. The molecule has 0 unspecified atom stereocenters. The van der Waals surface area contributed by atoms with Crippen LogP contribution in [0.5, 0.6) is 5.75 Å². The van der Waals surface area contributed by atoms with E-state index in [0.717, 1.165) is 51.3 Å². The molecule has 0 N–H and O–H groups in total. The molecule has 4 rings (SSSR count). The molecule has 3 fully saturated rings. The number of carbonyl (C=O) groups excluding carboxylic acids is 1. The number of hydrogen-bond donors (Lipinski definition) is 0. The van der Waals surface area contributed by atoms with Crippen LogP contribution in [0.25, 0.3) is 0 Å². The van der Waals surface area contributed by atoms with Crippen LogP contribution < -0.4 is 9.64 Å². The van der Waals surface area contributed by atoms with E-state index in [4.69, 9.17) is 9.47 Å². The molecule has 160 valence electrons. The Morgan fingerprint density at radius 3 is 2.45 bits per heavy atom. The number of carbonyl (C=O) groups is 1. The largest absolute Gasteiger partial charge is 0.494 e. The van der Waals surface area contributed by atoms with Gasteiger partial charge < -0.3 is 24.2 Å². The van der Waals surface area contributed by atoms with Crippen molar-refractivity contribution in [1.29, 1.82) is 0 Å². The summed E-state index contributed by atoms with van der Waals surface area (Å²) in [5, 5.41) is 0. The SMILES string of the molecule is CN1CC2(CCN(c3ccc(OCCCN4CCCCC4)cc3)CC2)OCC1=O. The molecule has 29 heavy (non-hydrogen) atoms. The van der Waals surface area contributed by atoms with E-state index in [1.54, 1.807) is 0 Å². The molecule has 1 aromatic carbocycles. The monoisotopic (exact) mass is 401 g/mol. The second-order valence-corrected chi connectivity index (χ2v) is 8.81. The maximum Gasteiger partial charge on any atom is 0.248 e. The molecule has 3 saturated heterocycles. The Kier molecular flexibility index (Phi) is 6.60. The number of nitrogens with zero attached hydrogens (tertiary/aromatic N) is 3. The van der Waals surface area contributed by atoms with Gasteiger partial charge in [0, 0.05) is 38.9 Å². The fourth-order valence-corrected chi connectivity index (χ4v) is 4.78. The Hall–Kier alpha value is -1.79. The highest BCUT2D eigenvalue weighted by Crippen LogP contribution is 2.32. The van der Waals surface area contributed by atoms with Gasteiger partial charge in [-0.1, -0.05) is 6.42 Å². The topological polar surface area (TPSA) is 45.2 Å². The summed E-state index contributed by atoms with van der Waals surface area (Å²) in [5.41, 5.74) is 1.08. The minimum absolute atomic E-state index is 0.0876. The number of piperidine rings is 2. The molecule has 3 heterocycles. The van der Waals surface area contributed by atoms with Crippen LogP contribution in [-0.2, 0) is 9.53 Å². The molecule has 6 heteroatoms. The Balaban J connectivity index is 1.20. The summed E-state index contributed by atoms with van der Waals surface area (Å²) in [6.45, 7) is 7.29. The lowest BCUT2D eigenvalue weighted by Crippen LogP contribution is -2.57. The Labute approximate surface area is 174 Å². The number of likely N-dealkylation sites (tertiary alicyclic amines) is 1. The van der Waals surface area contributed by atoms with Crippen molar-refractivity contribution in [3.63, 3.8) is 0 Å². The molecule has 0 aromatic heterocycles. The van der Waals surface area contributed by atoms with Crippen LogP contribution >= 0.6 is 0 Å². The highest BCUT2D eigenvalue weighted by molar-refractivity contribution is 5.78. The maximum atomic E-state index is 11.7. The van der Waals surface area contributed by atoms with Gasteiger partial charge in [-0.15, -0.1) is 0 Å². The molecule has 1 amide bonds. The predicted molar refractivity (Wildman–Crippen MR) is 115 cm³/mol. The van der Waals surface area contributed by atoms with E-state index >= 15 is 0 Å². The van der Waals surface area contributed by atoms with Crippen LogP contribution in [0.2, 0.25) is 0 Å². The number of benzene rings is 1. The van der Waals surface area contributed by atoms with Gasteiger partial charge in [0.25, 0.3) is 0 Å². The molecule has 0 saturated carbocycles. The number of rotatable bonds is 6. The number of morpholine rings is 1. The minimum atomic E-state index is -0.156. The van der Waals surface area contributed by atoms with Crippen molar-refractivity contribution < 1.29 is 14.3 Å². The van der Waals surface area contributed by atoms with Gasteiger partial charge in [0.1, 0.15) is 12.4 Å². The Bertz CT molecular complexity index is 664. The van der Waals surface area contributed by atoms with Crippen molar-refractivity contribution in [2.24, 2.45) is 0 Å². The van der Waals surface area contributed by atoms with Crippen molar-refractivity contribution in [2.75, 3.05) is 64.4 Å². The smallest absolute Gasteiger partial charge is 0.248 e.